The molecule has 0 unspecified atom stereocenters. The van der Waals surface area contributed by atoms with Gasteiger partial charge in [-0.2, -0.15) is 0 Å². The minimum Gasteiger partial charge on any atom is -0.695 e. The first kappa shape index (κ1) is 30.8. The van der Waals surface area contributed by atoms with Crippen molar-refractivity contribution in [3.8, 4) is 44.8 Å². The molecule has 0 fully saturated rings. The molecule has 218 valence electrons. The molecule has 0 radical (unpaired) electrons. The molecule has 44 heavy (non-hydrogen) atoms. The van der Waals surface area contributed by atoms with Gasteiger partial charge in [-0.15, -0.1) is 11.4 Å². The Hall–Kier alpha value is -4.63. The molecule has 0 saturated heterocycles. The van der Waals surface area contributed by atoms with Crippen LogP contribution in [-0.2, 0) is 20.1 Å². The number of allylic oxidation sites excluding steroid dienone is 4. The number of nitrogens with zero attached hydrogens (tertiary/aromatic N) is 3. The molecule has 6 aromatic rings. The quantitative estimate of drug-likeness (QED) is 0.159. The van der Waals surface area contributed by atoms with Gasteiger partial charge in [-0.1, -0.05) is 169 Å². The topological polar surface area (TPSA) is 42.3 Å². The third kappa shape index (κ3) is 7.85. The van der Waals surface area contributed by atoms with Crippen LogP contribution in [0.25, 0.3) is 50.1 Å². The average molecular weight is 749 g/mol. The van der Waals surface area contributed by atoms with Gasteiger partial charge in [0, 0.05) is 0 Å². The Morgan fingerprint density at radius 3 is 1.00 bits per heavy atom. The summed E-state index contributed by atoms with van der Waals surface area (Å²) in [6.45, 7) is 0. The molecule has 4 heteroatoms. The minimum atomic E-state index is 0. The first-order valence-electron chi connectivity index (χ1n) is 14.9. The van der Waals surface area contributed by atoms with E-state index in [1.165, 1.54) is 25.7 Å². The van der Waals surface area contributed by atoms with Crippen molar-refractivity contribution in [2.24, 2.45) is 0 Å². The molecule has 0 atom stereocenters. The number of hydrogen-bond acceptors (Lipinski definition) is 0. The van der Waals surface area contributed by atoms with Crippen LogP contribution < -0.4 is 9.97 Å². The normalized spacial score (nSPS) is 13.7. The summed E-state index contributed by atoms with van der Waals surface area (Å²) in [5.41, 5.74) is 8.08. The van der Waals surface area contributed by atoms with Crippen LogP contribution in [0.1, 0.15) is 25.7 Å². The molecule has 0 N–H and O–H groups in total. The van der Waals surface area contributed by atoms with E-state index in [9.17, 15) is 0 Å². The number of benzene rings is 4. The van der Waals surface area contributed by atoms with Crippen LogP contribution in [-0.4, -0.2) is 0 Å². The maximum absolute atomic E-state index is 5.06. The molecule has 0 bridgehead atoms. The van der Waals surface area contributed by atoms with E-state index in [1.54, 1.807) is 0 Å². The largest absolute Gasteiger partial charge is 3.00 e. The van der Waals surface area contributed by atoms with Crippen molar-refractivity contribution >= 4 is 11.6 Å². The van der Waals surface area contributed by atoms with Gasteiger partial charge in [0.05, 0.1) is 0 Å². The summed E-state index contributed by atoms with van der Waals surface area (Å²) in [5.74, 6) is 1.34. The summed E-state index contributed by atoms with van der Waals surface area (Å²) >= 11 is 0. The molecule has 3 nitrogen and oxygen atoms in total. The number of aromatic nitrogens is 2. The monoisotopic (exact) mass is 749 g/mol. The number of rotatable bonds is 6. The molecule has 1 aliphatic carbocycles. The van der Waals surface area contributed by atoms with Gasteiger partial charge in [0.25, 0.3) is 0 Å². The van der Waals surface area contributed by atoms with Gasteiger partial charge in [-0.25, -0.2) is 0 Å². The van der Waals surface area contributed by atoms with Crippen molar-refractivity contribution in [1.29, 1.82) is 0 Å². The van der Waals surface area contributed by atoms with Gasteiger partial charge in [0.15, 0.2) is 0 Å². The van der Waals surface area contributed by atoms with Crippen molar-refractivity contribution in [3.05, 3.63) is 163 Å². The van der Waals surface area contributed by atoms with E-state index in [1.807, 2.05) is 72.8 Å². The van der Waals surface area contributed by atoms with Gasteiger partial charge in [-0.3, -0.25) is 11.6 Å². The third-order valence-corrected chi connectivity index (χ3v) is 7.35. The second-order valence-corrected chi connectivity index (χ2v) is 10.4. The standard InChI is InChI=1S/C32H22N3.C8H12.Ir/c1-5-13-23(14-6-1)27-21-29(25-17-9-3-10-18-25)33-31(27)35-32-28(24-15-7-2-8-16-24)22-30(34-32)26-19-11-4-12-20-26;1-2-4-6-8-7-5-3-1;/h1-22H;1-2,7-8H,3-6H2;/q-3;;+3/b;2-1-,8-7-;. The molecular weight excluding hydrogens is 715 g/mol. The summed E-state index contributed by atoms with van der Waals surface area (Å²) in [6.07, 6.45) is 14.0. The van der Waals surface area contributed by atoms with Crippen LogP contribution in [0.4, 0.5) is 11.6 Å². The molecule has 2 heterocycles. The molecular formula is C40H34IrN3. The Balaban J connectivity index is 0.000000373. The first-order chi connectivity index (χ1) is 21.3. The van der Waals surface area contributed by atoms with Crippen molar-refractivity contribution < 1.29 is 20.1 Å². The predicted molar refractivity (Wildman–Crippen MR) is 181 cm³/mol. The van der Waals surface area contributed by atoms with Crippen molar-refractivity contribution in [1.82, 2.24) is 9.97 Å². The van der Waals surface area contributed by atoms with Gasteiger partial charge in [-0.05, 0) is 47.9 Å². The zero-order chi connectivity index (χ0) is 29.1. The molecule has 7 rings (SSSR count). The fourth-order valence-electron chi connectivity index (χ4n) is 5.12. The van der Waals surface area contributed by atoms with E-state index in [0.717, 1.165) is 44.8 Å². The van der Waals surface area contributed by atoms with E-state index in [-0.39, 0.29) is 20.1 Å². The van der Waals surface area contributed by atoms with Crippen LogP contribution >= 0.6 is 0 Å². The fourth-order valence-corrected chi connectivity index (χ4v) is 5.12. The Morgan fingerprint density at radius 2 is 0.682 bits per heavy atom. The summed E-state index contributed by atoms with van der Waals surface area (Å²) in [6, 6.07) is 45.3. The van der Waals surface area contributed by atoms with Crippen LogP contribution in [0.5, 0.6) is 0 Å². The molecule has 0 saturated carbocycles. The molecule has 0 spiro atoms. The molecule has 0 amide bonds. The average Bonchev–Trinajstić information content (AvgIpc) is 3.68. The summed E-state index contributed by atoms with van der Waals surface area (Å²) in [7, 11) is 0. The maximum atomic E-state index is 5.06. The SMILES string of the molecule is C1=C\CC/C=C\CC/1.[Ir+3].c1ccc(-c2cc(-c3ccccc3)c([N-]c3[n-]c(-c4ccccc4)cc3-c3ccccc3)[n-]2)cc1. The van der Waals surface area contributed by atoms with E-state index < -0.39 is 0 Å². The van der Waals surface area contributed by atoms with Gasteiger partial charge in [0.1, 0.15) is 0 Å². The Labute approximate surface area is 274 Å². The van der Waals surface area contributed by atoms with Gasteiger partial charge < -0.3 is 15.3 Å². The number of hydrogen-bond donors (Lipinski definition) is 0. The molecule has 0 aliphatic heterocycles. The third-order valence-electron chi connectivity index (χ3n) is 7.35. The van der Waals surface area contributed by atoms with E-state index in [2.05, 4.69) is 85.0 Å². The Bertz CT molecular complexity index is 1620. The first-order valence-corrected chi connectivity index (χ1v) is 14.9. The van der Waals surface area contributed by atoms with E-state index >= 15 is 0 Å². The van der Waals surface area contributed by atoms with Gasteiger partial charge >= 0.3 is 20.1 Å². The van der Waals surface area contributed by atoms with Crippen LogP contribution in [0.15, 0.2) is 158 Å². The maximum Gasteiger partial charge on any atom is 3.00 e. The Kier molecular flexibility index (Phi) is 11.0. The van der Waals surface area contributed by atoms with Crippen LogP contribution in [0.2, 0.25) is 0 Å². The predicted octanol–water partition coefficient (Wildman–Crippen LogP) is 11.3. The summed E-state index contributed by atoms with van der Waals surface area (Å²) in [4.78, 5) is 9.92. The minimum absolute atomic E-state index is 0. The van der Waals surface area contributed by atoms with E-state index in [0.29, 0.717) is 11.6 Å². The molecule has 1 aliphatic rings. The van der Waals surface area contributed by atoms with Gasteiger partial charge in [0.2, 0.25) is 0 Å². The van der Waals surface area contributed by atoms with Crippen molar-refractivity contribution in [2.75, 3.05) is 0 Å². The van der Waals surface area contributed by atoms with E-state index in [4.69, 9.17) is 15.3 Å². The van der Waals surface area contributed by atoms with Crippen molar-refractivity contribution in [2.45, 2.75) is 25.7 Å². The summed E-state index contributed by atoms with van der Waals surface area (Å²) < 4.78 is 0. The zero-order valence-corrected chi connectivity index (χ0v) is 26.9. The Morgan fingerprint density at radius 1 is 0.386 bits per heavy atom. The second-order valence-electron chi connectivity index (χ2n) is 10.4. The van der Waals surface area contributed by atoms with Crippen LogP contribution in [0, 0.1) is 0 Å². The molecule has 4 aromatic carbocycles. The van der Waals surface area contributed by atoms with Crippen molar-refractivity contribution in [3.63, 3.8) is 0 Å². The second kappa shape index (κ2) is 15.7. The smallest absolute Gasteiger partial charge is 0.695 e. The fraction of sp³-hybridized carbons (Fsp3) is 0.100. The van der Waals surface area contributed by atoms with Crippen LogP contribution in [0.3, 0.4) is 0 Å². The molecule has 2 aromatic heterocycles. The summed E-state index contributed by atoms with van der Waals surface area (Å²) in [5, 5.41) is 5.06. The zero-order valence-electron chi connectivity index (χ0n) is 24.5.